The predicted octanol–water partition coefficient (Wildman–Crippen LogP) is 4.24. The Labute approximate surface area is 114 Å². The van der Waals surface area contributed by atoms with Gasteiger partial charge in [0.2, 0.25) is 0 Å². The minimum atomic E-state index is -4.69. The summed E-state index contributed by atoms with van der Waals surface area (Å²) in [5.74, 6) is -0.329. The van der Waals surface area contributed by atoms with Gasteiger partial charge in [0.25, 0.3) is 0 Å². The second-order valence-corrected chi connectivity index (χ2v) is 4.75. The zero-order valence-electron chi connectivity index (χ0n) is 9.77. The summed E-state index contributed by atoms with van der Waals surface area (Å²) >= 11 is -0.267. The first-order chi connectivity index (χ1) is 9.13. The molecule has 0 saturated heterocycles. The molecule has 1 aromatic carbocycles. The third-order valence-corrected chi connectivity index (χ3v) is 2.88. The molecule has 0 unspecified atom stereocenters. The van der Waals surface area contributed by atoms with E-state index in [1.807, 2.05) is 0 Å². The molecule has 9 heteroatoms. The topological polar surface area (TPSA) is 35.8 Å². The third kappa shape index (κ3) is 5.21. The molecule has 0 fully saturated rings. The molecule has 2 nitrogen and oxygen atoms in total. The Morgan fingerprint density at radius 1 is 1.15 bits per heavy atom. The van der Waals surface area contributed by atoms with E-state index in [1.54, 1.807) is 0 Å². The highest BCUT2D eigenvalue weighted by Crippen LogP contribution is 2.34. The van der Waals surface area contributed by atoms with Crippen LogP contribution in [0.25, 0.3) is 0 Å². The molecule has 110 valence electrons. The summed E-state index contributed by atoms with van der Waals surface area (Å²) in [6.45, 7) is -0.145. The van der Waals surface area contributed by atoms with Gasteiger partial charge in [-0.15, -0.1) is 0 Å². The average molecular weight is 314 g/mol. The molecule has 1 rings (SSSR count). The Kier molecular flexibility index (Phi) is 5.16. The van der Waals surface area contributed by atoms with Gasteiger partial charge < -0.3 is 5.32 Å². The molecule has 0 aliphatic rings. The van der Waals surface area contributed by atoms with Gasteiger partial charge in [0.1, 0.15) is 0 Å². The molecule has 0 aliphatic carbocycles. The summed E-state index contributed by atoms with van der Waals surface area (Å²) in [6.07, 6.45) is -4.69. The van der Waals surface area contributed by atoms with E-state index in [0.717, 1.165) is 6.07 Å². The lowest BCUT2D eigenvalue weighted by Gasteiger charge is -2.12. The molecule has 0 atom stereocenters. The molecule has 0 aliphatic heterocycles. The van der Waals surface area contributed by atoms with Gasteiger partial charge in [0.05, 0.1) is 17.2 Å². The van der Waals surface area contributed by atoms with Crippen LogP contribution >= 0.6 is 11.8 Å². The van der Waals surface area contributed by atoms with Gasteiger partial charge in [0, 0.05) is 18.0 Å². The van der Waals surface area contributed by atoms with Crippen molar-refractivity contribution >= 4 is 17.4 Å². The first-order valence-corrected chi connectivity index (χ1v) is 6.18. The van der Waals surface area contributed by atoms with Crippen molar-refractivity contribution in [2.45, 2.75) is 11.7 Å². The van der Waals surface area contributed by atoms with Crippen molar-refractivity contribution in [2.75, 3.05) is 17.6 Å². The lowest BCUT2D eigenvalue weighted by Crippen LogP contribution is -2.12. The van der Waals surface area contributed by atoms with E-state index in [1.165, 1.54) is 12.1 Å². The highest BCUT2D eigenvalue weighted by molar-refractivity contribution is 8.00. The first-order valence-electron chi connectivity index (χ1n) is 5.19. The van der Waals surface area contributed by atoms with Crippen LogP contribution in [-0.4, -0.2) is 17.8 Å². The van der Waals surface area contributed by atoms with Crippen LogP contribution in [0.4, 0.5) is 32.0 Å². The molecule has 0 spiro atoms. The number of hydrogen-bond donors (Lipinski definition) is 1. The van der Waals surface area contributed by atoms with Gasteiger partial charge in [0.15, 0.2) is 0 Å². The Bertz CT molecular complexity index is 503. The Morgan fingerprint density at radius 3 is 2.30 bits per heavy atom. The van der Waals surface area contributed by atoms with Crippen LogP contribution in [0.5, 0.6) is 0 Å². The van der Waals surface area contributed by atoms with Gasteiger partial charge in [-0.1, -0.05) is 0 Å². The fraction of sp³-hybridized carbons (Fsp3) is 0.364. The molecular formula is C11H8F6N2S. The number of nitriles is 1. The molecule has 1 N–H and O–H groups in total. The maximum absolute atomic E-state index is 12.6. The first kappa shape index (κ1) is 16.5. The maximum atomic E-state index is 12.6. The number of nitrogens with one attached hydrogen (secondary N) is 1. The normalized spacial score (nSPS) is 12.1. The van der Waals surface area contributed by atoms with Crippen molar-refractivity contribution in [2.24, 2.45) is 0 Å². The quantitative estimate of drug-likeness (QED) is 0.667. The lowest BCUT2D eigenvalue weighted by atomic mass is 10.1. The van der Waals surface area contributed by atoms with E-state index in [-0.39, 0.29) is 29.7 Å². The van der Waals surface area contributed by atoms with Crippen LogP contribution < -0.4 is 5.32 Å². The van der Waals surface area contributed by atoms with E-state index in [0.29, 0.717) is 6.07 Å². The second kappa shape index (κ2) is 6.26. The molecule has 0 aromatic heterocycles. The van der Waals surface area contributed by atoms with E-state index in [4.69, 9.17) is 5.26 Å². The number of anilines is 1. The fourth-order valence-electron chi connectivity index (χ4n) is 1.35. The summed E-state index contributed by atoms with van der Waals surface area (Å²) in [7, 11) is 0. The summed E-state index contributed by atoms with van der Waals surface area (Å²) in [4.78, 5) is 0. The molecule has 0 amide bonds. The highest BCUT2D eigenvalue weighted by Gasteiger charge is 2.33. The van der Waals surface area contributed by atoms with Gasteiger partial charge in [-0.2, -0.15) is 31.6 Å². The van der Waals surface area contributed by atoms with Gasteiger partial charge in [-0.25, -0.2) is 0 Å². The monoisotopic (exact) mass is 314 g/mol. The summed E-state index contributed by atoms with van der Waals surface area (Å²) in [5.41, 5.74) is -6.01. The van der Waals surface area contributed by atoms with Crippen molar-refractivity contribution < 1.29 is 26.3 Å². The Morgan fingerprint density at radius 2 is 1.80 bits per heavy atom. The zero-order chi connectivity index (χ0) is 15.4. The largest absolute Gasteiger partial charge is 0.441 e. The third-order valence-electron chi connectivity index (χ3n) is 2.14. The number of nitrogens with zero attached hydrogens (tertiary/aromatic N) is 1. The summed E-state index contributed by atoms with van der Waals surface area (Å²) < 4.78 is 73.4. The standard InChI is InChI=1S/C11H8F6N2S/c12-10(13,14)9-5-8(2-1-7(9)6-18)19-3-4-20-11(15,16)17/h1-2,5,19H,3-4H2. The Hall–Kier alpha value is -1.56. The number of thioether (sulfide) groups is 1. The van der Waals surface area contributed by atoms with Crippen LogP contribution in [0.3, 0.4) is 0 Å². The van der Waals surface area contributed by atoms with E-state index >= 15 is 0 Å². The predicted molar refractivity (Wildman–Crippen MR) is 63.2 cm³/mol. The van der Waals surface area contributed by atoms with Crippen LogP contribution in [0.15, 0.2) is 18.2 Å². The van der Waals surface area contributed by atoms with E-state index < -0.39 is 22.8 Å². The van der Waals surface area contributed by atoms with E-state index in [9.17, 15) is 26.3 Å². The minimum absolute atomic E-state index is 0.0131. The van der Waals surface area contributed by atoms with Crippen molar-refractivity contribution in [3.63, 3.8) is 0 Å². The summed E-state index contributed by atoms with van der Waals surface area (Å²) in [5, 5.41) is 11.0. The van der Waals surface area contributed by atoms with Crippen molar-refractivity contribution in [3.05, 3.63) is 29.3 Å². The number of alkyl halides is 6. The number of hydrogen-bond acceptors (Lipinski definition) is 3. The fourth-order valence-corrected chi connectivity index (χ4v) is 1.78. The number of benzene rings is 1. The van der Waals surface area contributed by atoms with Gasteiger partial charge in [-0.05, 0) is 30.0 Å². The molecule has 0 saturated carbocycles. The molecule has 0 heterocycles. The van der Waals surface area contributed by atoms with Crippen LogP contribution in [-0.2, 0) is 6.18 Å². The number of rotatable bonds is 4. The maximum Gasteiger partial charge on any atom is 0.441 e. The highest BCUT2D eigenvalue weighted by atomic mass is 32.2. The summed E-state index contributed by atoms with van der Waals surface area (Å²) in [6, 6.07) is 4.31. The lowest BCUT2D eigenvalue weighted by molar-refractivity contribution is -0.137. The molecule has 0 radical (unpaired) electrons. The SMILES string of the molecule is N#Cc1ccc(NCCSC(F)(F)F)cc1C(F)(F)F. The number of halogens is 6. The van der Waals surface area contributed by atoms with Crippen LogP contribution in [0, 0.1) is 11.3 Å². The van der Waals surface area contributed by atoms with Crippen molar-refractivity contribution in [3.8, 4) is 6.07 Å². The zero-order valence-corrected chi connectivity index (χ0v) is 10.6. The molecule has 0 bridgehead atoms. The molecule has 20 heavy (non-hydrogen) atoms. The molecular weight excluding hydrogens is 306 g/mol. The van der Waals surface area contributed by atoms with E-state index in [2.05, 4.69) is 5.32 Å². The minimum Gasteiger partial charge on any atom is -0.384 e. The van der Waals surface area contributed by atoms with Crippen LogP contribution in [0.2, 0.25) is 0 Å². The Balaban J connectivity index is 2.72. The smallest absolute Gasteiger partial charge is 0.384 e. The average Bonchev–Trinajstić information content (AvgIpc) is 2.32. The second-order valence-electron chi connectivity index (χ2n) is 3.59. The van der Waals surface area contributed by atoms with Crippen molar-refractivity contribution in [1.29, 1.82) is 5.26 Å². The molecule has 1 aromatic rings. The van der Waals surface area contributed by atoms with Gasteiger partial charge >= 0.3 is 11.7 Å². The van der Waals surface area contributed by atoms with Gasteiger partial charge in [-0.3, -0.25) is 0 Å². The van der Waals surface area contributed by atoms with Crippen LogP contribution in [0.1, 0.15) is 11.1 Å². The van der Waals surface area contributed by atoms with Crippen molar-refractivity contribution in [1.82, 2.24) is 0 Å².